The van der Waals surface area contributed by atoms with Gasteiger partial charge in [0, 0.05) is 18.7 Å². The van der Waals surface area contributed by atoms with Gasteiger partial charge >= 0.3 is 0 Å². The fourth-order valence-corrected chi connectivity index (χ4v) is 3.68. The maximum atomic E-state index is 12.4. The Bertz CT molecular complexity index is 879. The van der Waals surface area contributed by atoms with Crippen molar-refractivity contribution in [1.29, 1.82) is 0 Å². The number of hydrogen-bond donors (Lipinski definition) is 2. The number of hydrogen-bond acceptors (Lipinski definition) is 6. The SMILES string of the molecule is CCOc1cc(C(=O)NNC(=O)c2cccs2)ccc1OCC(=O)N1CCCCC1. The highest BCUT2D eigenvalue weighted by Gasteiger charge is 2.18. The number of amides is 3. The molecule has 1 aromatic carbocycles. The van der Waals surface area contributed by atoms with Crippen molar-refractivity contribution in [3.63, 3.8) is 0 Å². The van der Waals surface area contributed by atoms with Gasteiger partial charge in [-0.25, -0.2) is 0 Å². The van der Waals surface area contributed by atoms with E-state index in [-0.39, 0.29) is 18.4 Å². The van der Waals surface area contributed by atoms with Crippen molar-refractivity contribution in [1.82, 2.24) is 15.8 Å². The van der Waals surface area contributed by atoms with Gasteiger partial charge in [0.2, 0.25) is 0 Å². The van der Waals surface area contributed by atoms with Crippen molar-refractivity contribution in [2.24, 2.45) is 0 Å². The molecule has 1 aliphatic rings. The van der Waals surface area contributed by atoms with Gasteiger partial charge in [0.25, 0.3) is 17.7 Å². The average Bonchev–Trinajstić information content (AvgIpc) is 3.32. The maximum Gasteiger partial charge on any atom is 0.279 e. The summed E-state index contributed by atoms with van der Waals surface area (Å²) >= 11 is 1.28. The normalized spacial score (nSPS) is 13.4. The zero-order chi connectivity index (χ0) is 21.3. The van der Waals surface area contributed by atoms with E-state index >= 15 is 0 Å². The molecule has 0 aliphatic carbocycles. The van der Waals surface area contributed by atoms with Crippen molar-refractivity contribution in [3.05, 3.63) is 46.2 Å². The summed E-state index contributed by atoms with van der Waals surface area (Å²) in [5.41, 5.74) is 5.05. The number of nitrogens with zero attached hydrogens (tertiary/aromatic N) is 1. The quantitative estimate of drug-likeness (QED) is 0.657. The first-order valence-electron chi connectivity index (χ1n) is 9.90. The lowest BCUT2D eigenvalue weighted by atomic mass is 10.1. The minimum absolute atomic E-state index is 0.0599. The molecular formula is C21H25N3O5S. The van der Waals surface area contributed by atoms with Gasteiger partial charge in [0.1, 0.15) is 0 Å². The second kappa shape index (κ2) is 10.6. The predicted octanol–water partition coefficient (Wildman–Crippen LogP) is 2.61. The predicted molar refractivity (Wildman–Crippen MR) is 113 cm³/mol. The van der Waals surface area contributed by atoms with Crippen molar-refractivity contribution in [2.45, 2.75) is 26.2 Å². The lowest BCUT2D eigenvalue weighted by Gasteiger charge is -2.26. The summed E-state index contributed by atoms with van der Waals surface area (Å²) in [7, 11) is 0. The van der Waals surface area contributed by atoms with Crippen LogP contribution in [0.3, 0.4) is 0 Å². The van der Waals surface area contributed by atoms with Crippen LogP contribution in [0.1, 0.15) is 46.2 Å². The van der Waals surface area contributed by atoms with Gasteiger partial charge < -0.3 is 14.4 Å². The van der Waals surface area contributed by atoms with E-state index < -0.39 is 5.91 Å². The third kappa shape index (κ3) is 5.73. The van der Waals surface area contributed by atoms with Gasteiger partial charge in [-0.15, -0.1) is 11.3 Å². The number of carbonyl (C=O) groups excluding carboxylic acids is 3. The molecule has 0 unspecified atom stereocenters. The summed E-state index contributed by atoms with van der Waals surface area (Å²) in [5, 5.41) is 1.78. The van der Waals surface area contributed by atoms with E-state index in [1.54, 1.807) is 29.6 Å². The number of thiophene rings is 1. The van der Waals surface area contributed by atoms with Gasteiger partial charge in [0.15, 0.2) is 18.1 Å². The van der Waals surface area contributed by atoms with Crippen molar-refractivity contribution in [3.8, 4) is 11.5 Å². The van der Waals surface area contributed by atoms with E-state index in [9.17, 15) is 14.4 Å². The topological polar surface area (TPSA) is 97.0 Å². The molecule has 8 nitrogen and oxygen atoms in total. The summed E-state index contributed by atoms with van der Waals surface area (Å²) in [6.45, 7) is 3.63. The van der Waals surface area contributed by atoms with Crippen LogP contribution >= 0.6 is 11.3 Å². The van der Waals surface area contributed by atoms with Gasteiger partial charge in [-0.3, -0.25) is 25.2 Å². The summed E-state index contributed by atoms with van der Waals surface area (Å²) in [6, 6.07) is 8.08. The Labute approximate surface area is 179 Å². The number of piperidine rings is 1. The third-order valence-electron chi connectivity index (χ3n) is 4.60. The maximum absolute atomic E-state index is 12.4. The van der Waals surface area contributed by atoms with Gasteiger partial charge in [-0.2, -0.15) is 0 Å². The van der Waals surface area contributed by atoms with Crippen molar-refractivity contribution >= 4 is 29.1 Å². The second-order valence-corrected chi connectivity index (χ2v) is 7.66. The Balaban J connectivity index is 1.59. The summed E-state index contributed by atoms with van der Waals surface area (Å²) in [6.07, 6.45) is 3.18. The van der Waals surface area contributed by atoms with Crippen LogP contribution in [0.15, 0.2) is 35.7 Å². The molecule has 0 bridgehead atoms. The molecule has 160 valence electrons. The van der Waals surface area contributed by atoms with E-state index in [1.165, 1.54) is 17.4 Å². The summed E-state index contributed by atoms with van der Waals surface area (Å²) < 4.78 is 11.2. The van der Waals surface area contributed by atoms with Crippen molar-refractivity contribution in [2.75, 3.05) is 26.3 Å². The number of likely N-dealkylation sites (tertiary alicyclic amines) is 1. The van der Waals surface area contributed by atoms with Crippen LogP contribution < -0.4 is 20.3 Å². The molecule has 1 aliphatic heterocycles. The molecule has 0 saturated carbocycles. The molecule has 1 saturated heterocycles. The first-order chi connectivity index (χ1) is 14.6. The first-order valence-corrected chi connectivity index (χ1v) is 10.8. The Morgan fingerprint density at radius 3 is 2.47 bits per heavy atom. The highest BCUT2D eigenvalue weighted by molar-refractivity contribution is 7.12. The Kier molecular flexibility index (Phi) is 7.67. The molecule has 0 radical (unpaired) electrons. The highest BCUT2D eigenvalue weighted by atomic mass is 32.1. The summed E-state index contributed by atoms with van der Waals surface area (Å²) in [5.74, 6) is -0.186. The molecule has 9 heteroatoms. The fraction of sp³-hybridized carbons (Fsp3) is 0.381. The van der Waals surface area contributed by atoms with Crippen LogP contribution in [0.5, 0.6) is 11.5 Å². The number of hydrazine groups is 1. The number of carbonyl (C=O) groups is 3. The average molecular weight is 432 g/mol. The molecular weight excluding hydrogens is 406 g/mol. The molecule has 0 spiro atoms. The molecule has 3 rings (SSSR count). The van der Waals surface area contributed by atoms with E-state index in [0.717, 1.165) is 32.4 Å². The number of rotatable bonds is 7. The molecule has 2 heterocycles. The molecule has 1 fully saturated rings. The van der Waals surface area contributed by atoms with Crippen LogP contribution in [0.4, 0.5) is 0 Å². The first kappa shape index (κ1) is 21.6. The minimum atomic E-state index is -0.489. The highest BCUT2D eigenvalue weighted by Crippen LogP contribution is 2.28. The van der Waals surface area contributed by atoms with E-state index in [0.29, 0.717) is 28.5 Å². The number of nitrogens with one attached hydrogen (secondary N) is 2. The zero-order valence-corrected chi connectivity index (χ0v) is 17.6. The molecule has 3 amide bonds. The Morgan fingerprint density at radius 1 is 1.00 bits per heavy atom. The fourth-order valence-electron chi connectivity index (χ4n) is 3.07. The minimum Gasteiger partial charge on any atom is -0.490 e. The third-order valence-corrected chi connectivity index (χ3v) is 5.47. The van der Waals surface area contributed by atoms with E-state index in [4.69, 9.17) is 9.47 Å². The smallest absolute Gasteiger partial charge is 0.279 e. The second-order valence-electron chi connectivity index (χ2n) is 6.71. The van der Waals surface area contributed by atoms with Crippen LogP contribution in [0.25, 0.3) is 0 Å². The van der Waals surface area contributed by atoms with Crippen LogP contribution in [-0.2, 0) is 4.79 Å². The monoisotopic (exact) mass is 431 g/mol. The standard InChI is InChI=1S/C21H25N3O5S/c1-2-28-17-13-15(20(26)22-23-21(27)18-7-6-12-30-18)8-9-16(17)29-14-19(25)24-10-4-3-5-11-24/h6-9,12-13H,2-5,10-11,14H2,1H3,(H,22,26)(H,23,27). The van der Waals surface area contributed by atoms with Crippen LogP contribution in [0.2, 0.25) is 0 Å². The molecule has 0 atom stereocenters. The van der Waals surface area contributed by atoms with Gasteiger partial charge in [-0.05, 0) is 55.8 Å². The Hall–Kier alpha value is -3.07. The van der Waals surface area contributed by atoms with E-state index in [1.807, 2.05) is 11.8 Å². The van der Waals surface area contributed by atoms with Gasteiger partial charge in [0.05, 0.1) is 11.5 Å². The number of benzene rings is 1. The Morgan fingerprint density at radius 2 is 1.77 bits per heavy atom. The summed E-state index contributed by atoms with van der Waals surface area (Å²) in [4.78, 5) is 38.9. The molecule has 1 aromatic heterocycles. The van der Waals surface area contributed by atoms with Gasteiger partial charge in [-0.1, -0.05) is 6.07 Å². The lowest BCUT2D eigenvalue weighted by molar-refractivity contribution is -0.134. The van der Waals surface area contributed by atoms with E-state index in [2.05, 4.69) is 10.9 Å². The van der Waals surface area contributed by atoms with Crippen LogP contribution in [0, 0.1) is 0 Å². The van der Waals surface area contributed by atoms with Crippen LogP contribution in [-0.4, -0.2) is 48.9 Å². The largest absolute Gasteiger partial charge is 0.490 e. The molecule has 2 N–H and O–H groups in total. The molecule has 2 aromatic rings. The molecule has 30 heavy (non-hydrogen) atoms. The number of ether oxygens (including phenoxy) is 2. The zero-order valence-electron chi connectivity index (χ0n) is 16.8. The van der Waals surface area contributed by atoms with Crippen molar-refractivity contribution < 1.29 is 23.9 Å². The lowest BCUT2D eigenvalue weighted by Crippen LogP contribution is -2.41.